The average molecular weight is 382 g/mol. The smallest absolute Gasteiger partial charge is 0.243 e. The maximum atomic E-state index is 12.0. The standard InChI is InChI=1S/C23H47N3O/c1-6-7-8-9-10-11-12-16-22(2)21-23(27)24-17-15-20-26(5)19-14-13-18-25(3)4/h21H,6-20H2,1-5H3,(H,24,27)/b22-21+. The van der Waals surface area contributed by atoms with Crippen LogP contribution < -0.4 is 5.32 Å². The highest BCUT2D eigenvalue weighted by molar-refractivity contribution is 5.88. The molecule has 1 amide bonds. The molecule has 0 bridgehead atoms. The topological polar surface area (TPSA) is 35.6 Å². The van der Waals surface area contributed by atoms with Crippen LogP contribution in [-0.2, 0) is 4.79 Å². The summed E-state index contributed by atoms with van der Waals surface area (Å²) in [6.07, 6.45) is 15.6. The summed E-state index contributed by atoms with van der Waals surface area (Å²) in [5.74, 6) is 0.0732. The highest BCUT2D eigenvalue weighted by atomic mass is 16.1. The van der Waals surface area contributed by atoms with Crippen molar-refractivity contribution in [3.05, 3.63) is 11.6 Å². The minimum atomic E-state index is 0.0732. The molecule has 160 valence electrons. The molecule has 0 rings (SSSR count). The third-order valence-electron chi connectivity index (χ3n) is 4.96. The summed E-state index contributed by atoms with van der Waals surface area (Å²) in [7, 11) is 6.41. The van der Waals surface area contributed by atoms with Crippen LogP contribution in [0.4, 0.5) is 0 Å². The van der Waals surface area contributed by atoms with Gasteiger partial charge in [-0.3, -0.25) is 4.79 Å². The Balaban J connectivity index is 3.61. The Morgan fingerprint density at radius 3 is 2.07 bits per heavy atom. The van der Waals surface area contributed by atoms with Crippen LogP contribution in [0.3, 0.4) is 0 Å². The van der Waals surface area contributed by atoms with Crippen LogP contribution in [0.2, 0.25) is 0 Å². The van der Waals surface area contributed by atoms with Crippen molar-refractivity contribution in [3.8, 4) is 0 Å². The van der Waals surface area contributed by atoms with Gasteiger partial charge in [-0.25, -0.2) is 0 Å². The van der Waals surface area contributed by atoms with Gasteiger partial charge in [-0.05, 0) is 79.8 Å². The average Bonchev–Trinajstić information content (AvgIpc) is 2.61. The molecular weight excluding hydrogens is 334 g/mol. The molecule has 4 nitrogen and oxygen atoms in total. The fourth-order valence-corrected chi connectivity index (χ4v) is 3.19. The maximum absolute atomic E-state index is 12.0. The first-order chi connectivity index (χ1) is 13.0. The molecule has 0 aromatic carbocycles. The van der Waals surface area contributed by atoms with E-state index in [0.717, 1.165) is 39.0 Å². The van der Waals surface area contributed by atoms with E-state index in [9.17, 15) is 4.79 Å². The van der Waals surface area contributed by atoms with Gasteiger partial charge in [0.05, 0.1) is 0 Å². The van der Waals surface area contributed by atoms with Gasteiger partial charge in [0, 0.05) is 12.6 Å². The Morgan fingerprint density at radius 1 is 0.815 bits per heavy atom. The second-order valence-corrected chi connectivity index (χ2v) is 8.32. The van der Waals surface area contributed by atoms with Gasteiger partial charge >= 0.3 is 0 Å². The summed E-state index contributed by atoms with van der Waals surface area (Å²) in [6.45, 7) is 8.45. The molecular formula is C23H47N3O. The second-order valence-electron chi connectivity index (χ2n) is 8.32. The van der Waals surface area contributed by atoms with Gasteiger partial charge in [-0.2, -0.15) is 0 Å². The molecule has 0 heterocycles. The van der Waals surface area contributed by atoms with Crippen molar-refractivity contribution in [2.75, 3.05) is 47.3 Å². The van der Waals surface area contributed by atoms with Gasteiger partial charge < -0.3 is 15.1 Å². The lowest BCUT2D eigenvalue weighted by Crippen LogP contribution is -2.28. The Bertz CT molecular complexity index is 380. The monoisotopic (exact) mass is 381 g/mol. The van der Waals surface area contributed by atoms with Crippen LogP contribution in [0.15, 0.2) is 11.6 Å². The first kappa shape index (κ1) is 26.1. The van der Waals surface area contributed by atoms with E-state index in [1.54, 1.807) is 6.08 Å². The Kier molecular flexibility index (Phi) is 17.9. The van der Waals surface area contributed by atoms with Gasteiger partial charge in [0.15, 0.2) is 0 Å². The van der Waals surface area contributed by atoms with Crippen molar-refractivity contribution in [2.24, 2.45) is 0 Å². The number of hydrogen-bond donors (Lipinski definition) is 1. The molecule has 0 aliphatic rings. The SMILES string of the molecule is CCCCCCCCC/C(C)=C/C(=O)NCCCN(C)CCCCN(C)C. The van der Waals surface area contributed by atoms with Crippen LogP contribution in [0.1, 0.15) is 84.5 Å². The third-order valence-corrected chi connectivity index (χ3v) is 4.96. The molecule has 4 heteroatoms. The zero-order valence-corrected chi connectivity index (χ0v) is 19.0. The van der Waals surface area contributed by atoms with Gasteiger partial charge in [-0.15, -0.1) is 0 Å². The van der Waals surface area contributed by atoms with Crippen molar-refractivity contribution < 1.29 is 4.79 Å². The first-order valence-corrected chi connectivity index (χ1v) is 11.2. The van der Waals surface area contributed by atoms with Gasteiger partial charge in [0.2, 0.25) is 5.91 Å². The zero-order valence-electron chi connectivity index (χ0n) is 19.0. The van der Waals surface area contributed by atoms with E-state index >= 15 is 0 Å². The van der Waals surface area contributed by atoms with E-state index in [4.69, 9.17) is 0 Å². The number of amides is 1. The summed E-state index contributed by atoms with van der Waals surface area (Å²) >= 11 is 0. The molecule has 0 aliphatic heterocycles. The van der Waals surface area contributed by atoms with Crippen LogP contribution in [0.25, 0.3) is 0 Å². The molecule has 0 aromatic heterocycles. The molecule has 0 fully saturated rings. The van der Waals surface area contributed by atoms with E-state index in [-0.39, 0.29) is 5.91 Å². The molecule has 0 aromatic rings. The number of nitrogens with one attached hydrogen (secondary N) is 1. The molecule has 0 saturated carbocycles. The summed E-state index contributed by atoms with van der Waals surface area (Å²) in [4.78, 5) is 16.6. The third kappa shape index (κ3) is 19.7. The van der Waals surface area contributed by atoms with Crippen molar-refractivity contribution in [3.63, 3.8) is 0 Å². The normalized spacial score (nSPS) is 12.2. The minimum Gasteiger partial charge on any atom is -0.353 e. The fourth-order valence-electron chi connectivity index (χ4n) is 3.19. The summed E-state index contributed by atoms with van der Waals surface area (Å²) in [5, 5.41) is 3.03. The lowest BCUT2D eigenvalue weighted by molar-refractivity contribution is -0.116. The largest absolute Gasteiger partial charge is 0.353 e. The number of hydrogen-bond acceptors (Lipinski definition) is 3. The van der Waals surface area contributed by atoms with Crippen LogP contribution in [0.5, 0.6) is 0 Å². The second kappa shape index (κ2) is 18.5. The quantitative estimate of drug-likeness (QED) is 0.272. The molecule has 0 atom stereocenters. The van der Waals surface area contributed by atoms with E-state index in [0.29, 0.717) is 0 Å². The predicted octanol–water partition coefficient (Wildman–Crippen LogP) is 4.85. The van der Waals surface area contributed by atoms with Crippen LogP contribution >= 0.6 is 0 Å². The summed E-state index contributed by atoms with van der Waals surface area (Å²) in [5.41, 5.74) is 1.21. The first-order valence-electron chi connectivity index (χ1n) is 11.2. The Morgan fingerprint density at radius 2 is 1.41 bits per heavy atom. The van der Waals surface area contributed by atoms with Crippen LogP contribution in [0, 0.1) is 0 Å². The van der Waals surface area contributed by atoms with Crippen molar-refractivity contribution >= 4 is 5.91 Å². The lowest BCUT2D eigenvalue weighted by atomic mass is 10.1. The Hall–Kier alpha value is -0.870. The van der Waals surface area contributed by atoms with E-state index in [1.807, 2.05) is 0 Å². The fraction of sp³-hybridized carbons (Fsp3) is 0.870. The van der Waals surface area contributed by atoms with Gasteiger partial charge in [-0.1, -0.05) is 51.0 Å². The molecule has 0 unspecified atom stereocenters. The van der Waals surface area contributed by atoms with E-state index in [1.165, 1.54) is 63.4 Å². The van der Waals surface area contributed by atoms with E-state index in [2.05, 4.69) is 50.1 Å². The molecule has 0 spiro atoms. The highest BCUT2D eigenvalue weighted by Gasteiger charge is 2.01. The number of carbonyl (C=O) groups excluding carboxylic acids is 1. The Labute approximate surface area is 169 Å². The number of allylic oxidation sites excluding steroid dienone is 1. The predicted molar refractivity (Wildman–Crippen MR) is 119 cm³/mol. The zero-order chi connectivity index (χ0) is 20.3. The van der Waals surface area contributed by atoms with Crippen molar-refractivity contribution in [1.29, 1.82) is 0 Å². The van der Waals surface area contributed by atoms with E-state index < -0.39 is 0 Å². The minimum absolute atomic E-state index is 0.0732. The van der Waals surface area contributed by atoms with Gasteiger partial charge in [0.1, 0.15) is 0 Å². The van der Waals surface area contributed by atoms with Crippen molar-refractivity contribution in [2.45, 2.75) is 84.5 Å². The number of carbonyl (C=O) groups is 1. The molecule has 1 N–H and O–H groups in total. The maximum Gasteiger partial charge on any atom is 0.243 e. The molecule has 0 saturated heterocycles. The van der Waals surface area contributed by atoms with Crippen LogP contribution in [-0.4, -0.2) is 63.0 Å². The van der Waals surface area contributed by atoms with Crippen molar-refractivity contribution in [1.82, 2.24) is 15.1 Å². The summed E-state index contributed by atoms with van der Waals surface area (Å²) < 4.78 is 0. The summed E-state index contributed by atoms with van der Waals surface area (Å²) in [6, 6.07) is 0. The molecule has 27 heavy (non-hydrogen) atoms. The lowest BCUT2D eigenvalue weighted by Gasteiger charge is -2.17. The highest BCUT2D eigenvalue weighted by Crippen LogP contribution is 2.11. The number of nitrogens with zero attached hydrogens (tertiary/aromatic N) is 2. The number of rotatable bonds is 18. The van der Waals surface area contributed by atoms with Gasteiger partial charge in [0.25, 0.3) is 0 Å². The number of unbranched alkanes of at least 4 members (excludes halogenated alkanes) is 7. The molecule has 0 aliphatic carbocycles. The molecule has 0 radical (unpaired) electrons.